The van der Waals surface area contributed by atoms with Gasteiger partial charge in [-0.25, -0.2) is 9.59 Å². The van der Waals surface area contributed by atoms with E-state index in [9.17, 15) is 19.2 Å². The van der Waals surface area contributed by atoms with E-state index in [4.69, 9.17) is 13.9 Å². The molecular weight excluding hydrogens is 562 g/mol. The molecule has 11 nitrogen and oxygen atoms in total. The number of hydrogen-bond acceptors (Lipinski definition) is 8. The summed E-state index contributed by atoms with van der Waals surface area (Å²) in [4.78, 5) is 50.1. The monoisotopic (exact) mass is 583 g/mol. The van der Waals surface area contributed by atoms with Crippen LogP contribution in [0, 0.1) is 0 Å². The maximum atomic E-state index is 12.9. The standard InChI is InChI=1S/C26H22BrN3O8/c1-35-21-11-15(18(27)12-22(21)37-14-23(31)28-16-6-4-3-5-7-16)10-19-24(32)30(26(34)29-19)13-17-8-9-20(38-17)25(33)36-2/h3-12H,13-14H2,1-2H3,(H,28,31)(H,29,34)/b19-10-. The lowest BCUT2D eigenvalue weighted by Gasteiger charge is -2.13. The second kappa shape index (κ2) is 11.6. The van der Waals surface area contributed by atoms with Crippen LogP contribution in [0.1, 0.15) is 21.9 Å². The molecule has 1 saturated heterocycles. The number of nitrogens with one attached hydrogen (secondary N) is 2. The summed E-state index contributed by atoms with van der Waals surface area (Å²) in [5.74, 6) is -0.807. The molecular formula is C26H22BrN3O8. The maximum absolute atomic E-state index is 12.9. The second-order valence-corrected chi connectivity index (χ2v) is 8.72. The first-order valence-corrected chi connectivity index (χ1v) is 11.9. The summed E-state index contributed by atoms with van der Waals surface area (Å²) >= 11 is 3.43. The van der Waals surface area contributed by atoms with Gasteiger partial charge in [-0.3, -0.25) is 14.5 Å². The molecule has 1 aliphatic heterocycles. The van der Waals surface area contributed by atoms with E-state index in [1.54, 1.807) is 36.4 Å². The average molecular weight is 584 g/mol. The molecule has 1 aliphatic rings. The molecule has 38 heavy (non-hydrogen) atoms. The molecule has 2 heterocycles. The van der Waals surface area contributed by atoms with Gasteiger partial charge in [-0.15, -0.1) is 0 Å². The van der Waals surface area contributed by atoms with Gasteiger partial charge in [0, 0.05) is 10.2 Å². The first-order valence-electron chi connectivity index (χ1n) is 11.2. The van der Waals surface area contributed by atoms with Crippen LogP contribution >= 0.6 is 15.9 Å². The zero-order chi connectivity index (χ0) is 27.2. The Morgan fingerprint density at radius 1 is 1.08 bits per heavy atom. The molecule has 2 aromatic carbocycles. The van der Waals surface area contributed by atoms with Crippen molar-refractivity contribution in [3.8, 4) is 11.5 Å². The van der Waals surface area contributed by atoms with E-state index in [0.29, 0.717) is 27.2 Å². The highest BCUT2D eigenvalue weighted by Gasteiger charge is 2.34. The number of furan rings is 1. The first-order chi connectivity index (χ1) is 18.3. The normalized spacial score (nSPS) is 13.9. The van der Waals surface area contributed by atoms with Crippen molar-refractivity contribution >= 4 is 51.5 Å². The van der Waals surface area contributed by atoms with Crippen molar-refractivity contribution in [2.45, 2.75) is 6.54 Å². The summed E-state index contributed by atoms with van der Waals surface area (Å²) in [5.41, 5.74) is 1.18. The number of ether oxygens (including phenoxy) is 3. The van der Waals surface area contributed by atoms with E-state index in [-0.39, 0.29) is 36.3 Å². The Morgan fingerprint density at radius 2 is 1.84 bits per heavy atom. The molecule has 12 heteroatoms. The van der Waals surface area contributed by atoms with Gasteiger partial charge < -0.3 is 29.3 Å². The lowest BCUT2D eigenvalue weighted by Crippen LogP contribution is -2.30. The van der Waals surface area contributed by atoms with Crippen molar-refractivity contribution < 1.29 is 37.8 Å². The van der Waals surface area contributed by atoms with Crippen molar-refractivity contribution in [2.24, 2.45) is 0 Å². The third kappa shape index (κ3) is 6.03. The fourth-order valence-electron chi connectivity index (χ4n) is 3.50. The molecule has 1 aromatic heterocycles. The van der Waals surface area contributed by atoms with Crippen LogP contribution in [-0.2, 0) is 20.9 Å². The molecule has 0 bridgehead atoms. The number of benzene rings is 2. The van der Waals surface area contributed by atoms with E-state index in [0.717, 1.165) is 4.90 Å². The second-order valence-electron chi connectivity index (χ2n) is 7.86. The van der Waals surface area contributed by atoms with E-state index in [2.05, 4.69) is 31.3 Å². The number of carbonyl (C=O) groups is 4. The molecule has 0 saturated carbocycles. The van der Waals surface area contributed by atoms with Gasteiger partial charge in [0.25, 0.3) is 11.8 Å². The molecule has 1 fully saturated rings. The summed E-state index contributed by atoms with van der Waals surface area (Å²) in [5, 5.41) is 5.25. The van der Waals surface area contributed by atoms with Crippen molar-refractivity contribution in [3.05, 3.63) is 81.9 Å². The molecule has 0 atom stereocenters. The predicted molar refractivity (Wildman–Crippen MR) is 138 cm³/mol. The van der Waals surface area contributed by atoms with Crippen LogP contribution in [0.3, 0.4) is 0 Å². The third-order valence-corrected chi connectivity index (χ3v) is 6.01. The quantitative estimate of drug-likeness (QED) is 0.219. The van der Waals surface area contributed by atoms with E-state index >= 15 is 0 Å². The number of anilines is 1. The highest BCUT2D eigenvalue weighted by Crippen LogP contribution is 2.35. The van der Waals surface area contributed by atoms with E-state index in [1.807, 2.05) is 6.07 Å². The van der Waals surface area contributed by atoms with Crippen LogP contribution in [0.25, 0.3) is 6.08 Å². The fourth-order valence-corrected chi connectivity index (χ4v) is 3.93. The maximum Gasteiger partial charge on any atom is 0.373 e. The van der Waals surface area contributed by atoms with Crippen LogP contribution in [0.15, 0.2) is 69.2 Å². The number of hydrogen-bond donors (Lipinski definition) is 2. The summed E-state index contributed by atoms with van der Waals surface area (Å²) in [6.45, 7) is -0.437. The summed E-state index contributed by atoms with van der Waals surface area (Å²) in [7, 11) is 2.65. The van der Waals surface area contributed by atoms with Crippen LogP contribution in [-0.4, -0.2) is 49.5 Å². The molecule has 0 unspecified atom stereocenters. The summed E-state index contributed by atoms with van der Waals surface area (Å²) in [6, 6.07) is 14.4. The number of amides is 4. The zero-order valence-electron chi connectivity index (χ0n) is 20.3. The molecule has 0 radical (unpaired) electrons. The first kappa shape index (κ1) is 26.5. The molecule has 0 spiro atoms. The molecule has 2 N–H and O–H groups in total. The highest BCUT2D eigenvalue weighted by molar-refractivity contribution is 9.10. The SMILES string of the molecule is COC(=O)c1ccc(CN2C(=O)N/C(=C\c3cc(OC)c(OCC(=O)Nc4ccccc4)cc3Br)C2=O)o1. The smallest absolute Gasteiger partial charge is 0.373 e. The van der Waals surface area contributed by atoms with Gasteiger partial charge in [0.1, 0.15) is 11.5 Å². The number of imide groups is 1. The van der Waals surface area contributed by atoms with Gasteiger partial charge in [-0.05, 0) is 48.0 Å². The zero-order valence-corrected chi connectivity index (χ0v) is 21.9. The number of halogens is 1. The summed E-state index contributed by atoms with van der Waals surface area (Å²) in [6.07, 6.45) is 1.47. The van der Waals surface area contributed by atoms with Crippen molar-refractivity contribution in [2.75, 3.05) is 26.1 Å². The van der Waals surface area contributed by atoms with Gasteiger partial charge in [0.2, 0.25) is 5.76 Å². The minimum atomic E-state index is -0.669. The fraction of sp³-hybridized carbons (Fsp3) is 0.154. The minimum Gasteiger partial charge on any atom is -0.493 e. The number of esters is 1. The van der Waals surface area contributed by atoms with Crippen molar-refractivity contribution in [3.63, 3.8) is 0 Å². The van der Waals surface area contributed by atoms with Crippen LogP contribution in [0.4, 0.5) is 10.5 Å². The largest absolute Gasteiger partial charge is 0.493 e. The van der Waals surface area contributed by atoms with Crippen molar-refractivity contribution in [1.29, 1.82) is 0 Å². The van der Waals surface area contributed by atoms with Gasteiger partial charge in [-0.2, -0.15) is 0 Å². The lowest BCUT2D eigenvalue weighted by molar-refractivity contribution is -0.123. The number of urea groups is 1. The molecule has 196 valence electrons. The Balaban J connectivity index is 1.46. The van der Waals surface area contributed by atoms with E-state index < -0.39 is 17.9 Å². The Labute approximate surface area is 225 Å². The molecule has 3 aromatic rings. The summed E-state index contributed by atoms with van der Waals surface area (Å²) < 4.78 is 21.5. The Bertz CT molecular complexity index is 1420. The third-order valence-electron chi connectivity index (χ3n) is 5.32. The Hall–Kier alpha value is -4.58. The van der Waals surface area contributed by atoms with Gasteiger partial charge >= 0.3 is 12.0 Å². The van der Waals surface area contributed by atoms with Gasteiger partial charge in [-0.1, -0.05) is 34.1 Å². The average Bonchev–Trinajstić information content (AvgIpc) is 3.49. The predicted octanol–water partition coefficient (Wildman–Crippen LogP) is 3.95. The Morgan fingerprint density at radius 3 is 2.55 bits per heavy atom. The van der Waals surface area contributed by atoms with E-state index in [1.165, 1.54) is 32.4 Å². The number of carbonyl (C=O) groups excluding carboxylic acids is 4. The number of para-hydroxylation sites is 1. The van der Waals surface area contributed by atoms with Gasteiger partial charge in [0.15, 0.2) is 18.1 Å². The number of methoxy groups -OCH3 is 2. The molecule has 4 rings (SSSR count). The molecule has 0 aliphatic carbocycles. The Kier molecular flexibility index (Phi) is 8.12. The van der Waals surface area contributed by atoms with Gasteiger partial charge in [0.05, 0.1) is 20.8 Å². The van der Waals surface area contributed by atoms with Crippen LogP contribution in [0.5, 0.6) is 11.5 Å². The van der Waals surface area contributed by atoms with Crippen molar-refractivity contribution in [1.82, 2.24) is 10.2 Å². The van der Waals surface area contributed by atoms with Crippen LogP contribution < -0.4 is 20.1 Å². The highest BCUT2D eigenvalue weighted by atomic mass is 79.9. The van der Waals surface area contributed by atoms with Crippen LogP contribution in [0.2, 0.25) is 0 Å². The minimum absolute atomic E-state index is 0.0217. The number of nitrogens with zero attached hydrogens (tertiary/aromatic N) is 1. The number of rotatable bonds is 9. The molecule has 4 amide bonds. The topological polar surface area (TPSA) is 136 Å². The lowest BCUT2D eigenvalue weighted by atomic mass is 10.1.